The summed E-state index contributed by atoms with van der Waals surface area (Å²) in [6.07, 6.45) is 1.56. The third-order valence-corrected chi connectivity index (χ3v) is 4.21. The molecule has 0 aromatic heterocycles. The predicted octanol–water partition coefficient (Wildman–Crippen LogP) is 4.71. The summed E-state index contributed by atoms with van der Waals surface area (Å²) in [6, 6.07) is 24.5. The van der Waals surface area contributed by atoms with E-state index in [0.717, 1.165) is 22.4 Å². The minimum atomic E-state index is -0.234. The van der Waals surface area contributed by atoms with Gasteiger partial charge in [0.2, 0.25) is 0 Å². The Morgan fingerprint density at radius 2 is 1.50 bits per heavy atom. The van der Waals surface area contributed by atoms with Crippen molar-refractivity contribution in [2.75, 3.05) is 0 Å². The van der Waals surface area contributed by atoms with E-state index < -0.39 is 0 Å². The first-order valence-electron chi connectivity index (χ1n) is 8.53. The number of benzene rings is 3. The van der Waals surface area contributed by atoms with E-state index in [9.17, 15) is 9.90 Å². The monoisotopic (exact) mass is 343 g/mol. The number of allylic oxidation sites excluding steroid dienone is 1. The van der Waals surface area contributed by atoms with Gasteiger partial charge >= 0.3 is 0 Å². The third-order valence-electron chi connectivity index (χ3n) is 4.21. The van der Waals surface area contributed by atoms with Crippen molar-refractivity contribution < 1.29 is 9.90 Å². The molecule has 0 aliphatic carbocycles. The summed E-state index contributed by atoms with van der Waals surface area (Å²) >= 11 is 0. The highest BCUT2D eigenvalue weighted by Crippen LogP contribution is 2.21. The van der Waals surface area contributed by atoms with E-state index in [0.29, 0.717) is 12.1 Å². The molecule has 3 heteroatoms. The van der Waals surface area contributed by atoms with Crippen molar-refractivity contribution in [2.45, 2.75) is 13.5 Å². The maximum atomic E-state index is 12.7. The Hall–Kier alpha value is -3.33. The Labute approximate surface area is 153 Å². The fraction of sp³-hybridized carbons (Fsp3) is 0.0870. The number of carbonyl (C=O) groups is 1. The molecule has 0 bridgehead atoms. The van der Waals surface area contributed by atoms with Crippen LogP contribution in [-0.4, -0.2) is 10.9 Å². The van der Waals surface area contributed by atoms with E-state index >= 15 is 0 Å². The van der Waals surface area contributed by atoms with Crippen molar-refractivity contribution in [3.63, 3.8) is 0 Å². The number of hydrogen-bond acceptors (Lipinski definition) is 3. The topological polar surface area (TPSA) is 49.3 Å². The van der Waals surface area contributed by atoms with Crippen LogP contribution in [-0.2, 0) is 6.54 Å². The Bertz CT molecular complexity index is 930. The Kier molecular flexibility index (Phi) is 5.49. The maximum Gasteiger partial charge on any atom is 0.191 e. The fourth-order valence-corrected chi connectivity index (χ4v) is 2.78. The smallest absolute Gasteiger partial charge is 0.191 e. The second-order valence-corrected chi connectivity index (χ2v) is 6.09. The number of carbonyl (C=O) groups excluding carboxylic acids is 1. The molecule has 3 aromatic carbocycles. The molecule has 0 saturated carbocycles. The Balaban J connectivity index is 1.93. The van der Waals surface area contributed by atoms with Gasteiger partial charge in [-0.05, 0) is 30.2 Å². The van der Waals surface area contributed by atoms with Gasteiger partial charge in [-0.1, -0.05) is 66.7 Å². The SMILES string of the molecule is Cc1ccccc1/C(=C/C(=O)c1ccccc1O)NCc1ccccc1. The van der Waals surface area contributed by atoms with Crippen LogP contribution in [0.15, 0.2) is 84.9 Å². The van der Waals surface area contributed by atoms with Crippen molar-refractivity contribution in [2.24, 2.45) is 0 Å². The first-order valence-corrected chi connectivity index (χ1v) is 8.53. The molecule has 0 amide bonds. The third kappa shape index (κ3) is 4.19. The van der Waals surface area contributed by atoms with E-state index in [1.165, 1.54) is 6.07 Å². The van der Waals surface area contributed by atoms with Gasteiger partial charge in [0.05, 0.1) is 5.56 Å². The first-order chi connectivity index (χ1) is 12.6. The summed E-state index contributed by atoms with van der Waals surface area (Å²) < 4.78 is 0. The average molecular weight is 343 g/mol. The molecule has 0 atom stereocenters. The molecule has 26 heavy (non-hydrogen) atoms. The number of ketones is 1. The Morgan fingerprint density at radius 1 is 0.885 bits per heavy atom. The summed E-state index contributed by atoms with van der Waals surface area (Å²) in [4.78, 5) is 12.7. The molecule has 130 valence electrons. The van der Waals surface area contributed by atoms with Crippen LogP contribution in [0.3, 0.4) is 0 Å². The number of phenolic OH excluding ortho intramolecular Hbond substituents is 1. The largest absolute Gasteiger partial charge is 0.507 e. The number of rotatable bonds is 6. The second-order valence-electron chi connectivity index (χ2n) is 6.09. The van der Waals surface area contributed by atoms with E-state index in [1.807, 2.05) is 61.5 Å². The molecule has 3 nitrogen and oxygen atoms in total. The molecular formula is C23H21NO2. The van der Waals surface area contributed by atoms with Gasteiger partial charge in [0.15, 0.2) is 5.78 Å². The van der Waals surface area contributed by atoms with Crippen LogP contribution in [0.5, 0.6) is 5.75 Å². The van der Waals surface area contributed by atoms with E-state index in [2.05, 4.69) is 5.32 Å². The molecule has 0 heterocycles. The summed E-state index contributed by atoms with van der Waals surface area (Å²) in [5, 5.41) is 13.3. The van der Waals surface area contributed by atoms with Crippen molar-refractivity contribution in [3.05, 3.63) is 107 Å². The molecule has 2 N–H and O–H groups in total. The summed E-state index contributed by atoms with van der Waals surface area (Å²) in [6.45, 7) is 2.62. The fourth-order valence-electron chi connectivity index (χ4n) is 2.78. The minimum Gasteiger partial charge on any atom is -0.507 e. The number of hydrogen-bond donors (Lipinski definition) is 2. The minimum absolute atomic E-state index is 0.0130. The molecule has 0 radical (unpaired) electrons. The highest BCUT2D eigenvalue weighted by Gasteiger charge is 2.12. The lowest BCUT2D eigenvalue weighted by Gasteiger charge is -2.14. The van der Waals surface area contributed by atoms with Crippen LogP contribution < -0.4 is 5.32 Å². The van der Waals surface area contributed by atoms with Gasteiger partial charge in [0.1, 0.15) is 5.75 Å². The lowest BCUT2D eigenvalue weighted by molar-refractivity contribution is 0.104. The van der Waals surface area contributed by atoms with Gasteiger partial charge < -0.3 is 10.4 Å². The molecule has 0 aliphatic heterocycles. The molecule has 0 saturated heterocycles. The van der Waals surface area contributed by atoms with Gasteiger partial charge in [-0.25, -0.2) is 0 Å². The summed E-state index contributed by atoms with van der Waals surface area (Å²) in [5.41, 5.74) is 4.19. The quantitative estimate of drug-likeness (QED) is 0.503. The lowest BCUT2D eigenvalue weighted by Crippen LogP contribution is -2.14. The zero-order chi connectivity index (χ0) is 18.4. The molecule has 0 fully saturated rings. The van der Waals surface area contributed by atoms with Crippen molar-refractivity contribution in [1.82, 2.24) is 5.32 Å². The van der Waals surface area contributed by atoms with E-state index in [4.69, 9.17) is 0 Å². The predicted molar refractivity (Wildman–Crippen MR) is 105 cm³/mol. The summed E-state index contributed by atoms with van der Waals surface area (Å²) in [5.74, 6) is -0.247. The normalized spacial score (nSPS) is 11.2. The van der Waals surface area contributed by atoms with Crippen molar-refractivity contribution >= 4 is 11.5 Å². The molecule has 3 rings (SSSR count). The zero-order valence-corrected chi connectivity index (χ0v) is 14.6. The highest BCUT2D eigenvalue weighted by molar-refractivity contribution is 6.10. The zero-order valence-electron chi connectivity index (χ0n) is 14.6. The highest BCUT2D eigenvalue weighted by atomic mass is 16.3. The molecular weight excluding hydrogens is 322 g/mol. The maximum absolute atomic E-state index is 12.7. The molecule has 0 unspecified atom stereocenters. The van der Waals surface area contributed by atoms with Crippen LogP contribution in [0.25, 0.3) is 5.70 Å². The molecule has 0 spiro atoms. The number of nitrogens with one attached hydrogen (secondary N) is 1. The van der Waals surface area contributed by atoms with E-state index in [-0.39, 0.29) is 11.5 Å². The van der Waals surface area contributed by atoms with Crippen molar-refractivity contribution in [1.29, 1.82) is 0 Å². The van der Waals surface area contributed by atoms with Crippen molar-refractivity contribution in [3.8, 4) is 5.75 Å². The molecule has 0 aliphatic rings. The number of para-hydroxylation sites is 1. The van der Waals surface area contributed by atoms with Crippen LogP contribution in [0.1, 0.15) is 27.0 Å². The van der Waals surface area contributed by atoms with Gasteiger partial charge in [-0.15, -0.1) is 0 Å². The number of phenols is 1. The van der Waals surface area contributed by atoms with Gasteiger partial charge in [0.25, 0.3) is 0 Å². The van der Waals surface area contributed by atoms with Crippen LogP contribution >= 0.6 is 0 Å². The van der Waals surface area contributed by atoms with Crippen LogP contribution in [0.4, 0.5) is 0 Å². The Morgan fingerprint density at radius 3 is 2.19 bits per heavy atom. The first kappa shape index (κ1) is 17.5. The van der Waals surface area contributed by atoms with Crippen LogP contribution in [0.2, 0.25) is 0 Å². The standard InChI is InChI=1S/C23H21NO2/c1-17-9-5-6-12-19(17)21(24-16-18-10-3-2-4-11-18)15-23(26)20-13-7-8-14-22(20)25/h2-15,24-25H,16H2,1H3/b21-15-. The summed E-state index contributed by atoms with van der Waals surface area (Å²) in [7, 11) is 0. The van der Waals surface area contributed by atoms with E-state index in [1.54, 1.807) is 24.3 Å². The number of aromatic hydroxyl groups is 1. The van der Waals surface area contributed by atoms with Gasteiger partial charge in [0, 0.05) is 23.9 Å². The lowest BCUT2D eigenvalue weighted by atomic mass is 10.0. The molecule has 3 aromatic rings. The average Bonchev–Trinajstić information content (AvgIpc) is 2.67. The number of aryl methyl sites for hydroxylation is 1. The van der Waals surface area contributed by atoms with Gasteiger partial charge in [-0.2, -0.15) is 0 Å². The van der Waals surface area contributed by atoms with Gasteiger partial charge in [-0.3, -0.25) is 4.79 Å². The second kappa shape index (κ2) is 8.17. The van der Waals surface area contributed by atoms with Crippen LogP contribution in [0, 0.1) is 6.92 Å².